The number of nitrogens with one attached hydrogen (secondary N) is 1. The first-order valence-electron chi connectivity index (χ1n) is 6.94. The fourth-order valence-electron chi connectivity index (χ4n) is 1.84. The zero-order valence-corrected chi connectivity index (χ0v) is 11.9. The van der Waals surface area contributed by atoms with Crippen LogP contribution in [0.1, 0.15) is 11.1 Å². The maximum absolute atomic E-state index is 5.55. The molecule has 0 radical (unpaired) electrons. The lowest BCUT2D eigenvalue weighted by Gasteiger charge is -2.06. The summed E-state index contributed by atoms with van der Waals surface area (Å²) < 4.78 is 5.55. The van der Waals surface area contributed by atoms with Crippen LogP contribution < -0.4 is 5.32 Å². The molecule has 0 saturated carbocycles. The van der Waals surface area contributed by atoms with Crippen LogP contribution in [0.4, 0.5) is 5.69 Å². The Hall–Kier alpha value is -2.06. The van der Waals surface area contributed by atoms with Crippen molar-refractivity contribution in [2.75, 3.05) is 25.1 Å². The summed E-state index contributed by atoms with van der Waals surface area (Å²) in [5.41, 5.74) is 3.62. The molecule has 2 rings (SSSR count). The lowest BCUT2D eigenvalue weighted by molar-refractivity contribution is 0.174. The molecular formula is C18H21NO. The van der Waals surface area contributed by atoms with Gasteiger partial charge in [-0.25, -0.2) is 0 Å². The highest BCUT2D eigenvalue weighted by Gasteiger charge is 1.91. The molecular weight excluding hydrogens is 246 g/mol. The average Bonchev–Trinajstić information content (AvgIpc) is 2.49. The lowest BCUT2D eigenvalue weighted by Crippen LogP contribution is -2.09. The van der Waals surface area contributed by atoms with E-state index >= 15 is 0 Å². The summed E-state index contributed by atoms with van der Waals surface area (Å²) in [5, 5.41) is 3.33. The molecule has 0 bridgehead atoms. The Bertz CT molecular complexity index is 517. The van der Waals surface area contributed by atoms with Crippen molar-refractivity contribution in [2.24, 2.45) is 0 Å². The first-order chi connectivity index (χ1) is 9.84. The maximum atomic E-state index is 5.55. The van der Waals surface area contributed by atoms with Crippen LogP contribution in [-0.2, 0) is 4.74 Å². The minimum absolute atomic E-state index is 0.643. The molecule has 20 heavy (non-hydrogen) atoms. The Morgan fingerprint density at radius 1 is 1.00 bits per heavy atom. The number of aryl methyl sites for hydroxylation is 1. The van der Waals surface area contributed by atoms with Crippen molar-refractivity contribution < 1.29 is 4.74 Å². The van der Waals surface area contributed by atoms with E-state index in [9.17, 15) is 0 Å². The highest BCUT2D eigenvalue weighted by Crippen LogP contribution is 2.07. The molecule has 1 N–H and O–H groups in total. The Kier molecular flexibility index (Phi) is 5.87. The van der Waals surface area contributed by atoms with Gasteiger partial charge in [-0.3, -0.25) is 0 Å². The molecule has 0 aliphatic heterocycles. The fourth-order valence-corrected chi connectivity index (χ4v) is 1.84. The zero-order chi connectivity index (χ0) is 14.0. The minimum Gasteiger partial charge on any atom is -0.383 e. The Morgan fingerprint density at radius 2 is 1.75 bits per heavy atom. The predicted octanol–water partition coefficient (Wildman–Crippen LogP) is 4.14. The van der Waals surface area contributed by atoms with E-state index in [4.69, 9.17) is 4.74 Å². The third kappa shape index (κ3) is 5.29. The van der Waals surface area contributed by atoms with E-state index in [2.05, 4.69) is 54.7 Å². The second-order valence-corrected chi connectivity index (χ2v) is 4.68. The number of hydrogen-bond donors (Lipinski definition) is 1. The van der Waals surface area contributed by atoms with Gasteiger partial charge in [-0.05, 0) is 24.6 Å². The molecule has 0 aliphatic carbocycles. The van der Waals surface area contributed by atoms with Crippen LogP contribution in [0.15, 0.2) is 60.7 Å². The standard InChI is InChI=1S/C18H21NO/c1-16-9-11-18(12-10-16)19-13-15-20-14-5-8-17-6-3-2-4-7-17/h2-12,19H,13-15H2,1H3. The summed E-state index contributed by atoms with van der Waals surface area (Å²) in [7, 11) is 0. The molecule has 104 valence electrons. The molecule has 2 aromatic rings. The van der Waals surface area contributed by atoms with E-state index in [1.54, 1.807) is 0 Å². The van der Waals surface area contributed by atoms with Gasteiger partial charge in [-0.15, -0.1) is 0 Å². The Morgan fingerprint density at radius 3 is 2.50 bits per heavy atom. The van der Waals surface area contributed by atoms with Gasteiger partial charge in [0.25, 0.3) is 0 Å². The number of benzene rings is 2. The van der Waals surface area contributed by atoms with Crippen LogP contribution in [-0.4, -0.2) is 19.8 Å². The largest absolute Gasteiger partial charge is 0.383 e. The minimum atomic E-state index is 0.643. The van der Waals surface area contributed by atoms with Crippen LogP contribution in [0.25, 0.3) is 6.08 Å². The van der Waals surface area contributed by atoms with Gasteiger partial charge in [0.1, 0.15) is 0 Å². The van der Waals surface area contributed by atoms with E-state index in [0.717, 1.165) is 12.2 Å². The summed E-state index contributed by atoms with van der Waals surface area (Å²) in [4.78, 5) is 0. The van der Waals surface area contributed by atoms with Gasteiger partial charge in [-0.2, -0.15) is 0 Å². The van der Waals surface area contributed by atoms with Crippen LogP contribution in [0, 0.1) is 6.92 Å². The van der Waals surface area contributed by atoms with Gasteiger partial charge in [0, 0.05) is 12.2 Å². The molecule has 0 aromatic heterocycles. The van der Waals surface area contributed by atoms with Crippen molar-refractivity contribution in [2.45, 2.75) is 6.92 Å². The van der Waals surface area contributed by atoms with Crippen molar-refractivity contribution in [3.63, 3.8) is 0 Å². The summed E-state index contributed by atoms with van der Waals surface area (Å²) in [6.45, 7) is 4.26. The average molecular weight is 267 g/mol. The second-order valence-electron chi connectivity index (χ2n) is 4.68. The topological polar surface area (TPSA) is 21.3 Å². The SMILES string of the molecule is Cc1ccc(NCCOCC=Cc2ccccc2)cc1. The smallest absolute Gasteiger partial charge is 0.0651 e. The maximum Gasteiger partial charge on any atom is 0.0651 e. The molecule has 0 unspecified atom stereocenters. The zero-order valence-electron chi connectivity index (χ0n) is 11.9. The van der Waals surface area contributed by atoms with Gasteiger partial charge in [0.05, 0.1) is 13.2 Å². The summed E-state index contributed by atoms with van der Waals surface area (Å²) in [5.74, 6) is 0. The normalized spacial score (nSPS) is 10.8. The number of rotatable bonds is 7. The first kappa shape index (κ1) is 14.4. The number of ether oxygens (including phenoxy) is 1. The van der Waals surface area contributed by atoms with Crippen LogP contribution in [0.5, 0.6) is 0 Å². The van der Waals surface area contributed by atoms with E-state index in [1.807, 2.05) is 24.3 Å². The molecule has 2 nitrogen and oxygen atoms in total. The quantitative estimate of drug-likeness (QED) is 0.761. The molecule has 0 atom stereocenters. The first-order valence-corrected chi connectivity index (χ1v) is 6.94. The Balaban J connectivity index is 1.58. The van der Waals surface area contributed by atoms with Gasteiger partial charge >= 0.3 is 0 Å². The van der Waals surface area contributed by atoms with Gasteiger partial charge in [0.15, 0.2) is 0 Å². The van der Waals surface area contributed by atoms with Crippen molar-refractivity contribution in [1.29, 1.82) is 0 Å². The summed E-state index contributed by atoms with van der Waals surface area (Å²) >= 11 is 0. The van der Waals surface area contributed by atoms with Crippen LogP contribution in [0.3, 0.4) is 0 Å². The molecule has 0 spiro atoms. The molecule has 2 aromatic carbocycles. The monoisotopic (exact) mass is 267 g/mol. The van der Waals surface area contributed by atoms with Gasteiger partial charge in [0.2, 0.25) is 0 Å². The van der Waals surface area contributed by atoms with E-state index < -0.39 is 0 Å². The Labute approximate surface area is 121 Å². The third-order valence-corrected chi connectivity index (χ3v) is 2.95. The van der Waals surface area contributed by atoms with Crippen molar-refractivity contribution in [1.82, 2.24) is 0 Å². The molecule has 0 fully saturated rings. The van der Waals surface area contributed by atoms with Gasteiger partial charge < -0.3 is 10.1 Å². The van der Waals surface area contributed by atoms with E-state index in [1.165, 1.54) is 11.1 Å². The number of anilines is 1. The summed E-state index contributed by atoms with van der Waals surface area (Å²) in [6, 6.07) is 18.6. The molecule has 0 amide bonds. The van der Waals surface area contributed by atoms with Crippen molar-refractivity contribution in [3.8, 4) is 0 Å². The van der Waals surface area contributed by atoms with Crippen LogP contribution >= 0.6 is 0 Å². The highest BCUT2D eigenvalue weighted by atomic mass is 16.5. The third-order valence-electron chi connectivity index (χ3n) is 2.95. The van der Waals surface area contributed by atoms with Crippen molar-refractivity contribution >= 4 is 11.8 Å². The van der Waals surface area contributed by atoms with Gasteiger partial charge in [-0.1, -0.05) is 60.2 Å². The predicted molar refractivity (Wildman–Crippen MR) is 86.0 cm³/mol. The second kappa shape index (κ2) is 8.18. The lowest BCUT2D eigenvalue weighted by atomic mass is 10.2. The van der Waals surface area contributed by atoms with E-state index in [-0.39, 0.29) is 0 Å². The molecule has 0 saturated heterocycles. The molecule has 0 heterocycles. The molecule has 0 aliphatic rings. The van der Waals surface area contributed by atoms with Crippen molar-refractivity contribution in [3.05, 3.63) is 71.8 Å². The fraction of sp³-hybridized carbons (Fsp3) is 0.222. The molecule has 2 heteroatoms. The summed E-state index contributed by atoms with van der Waals surface area (Å²) in [6.07, 6.45) is 4.12. The van der Waals surface area contributed by atoms with E-state index in [0.29, 0.717) is 13.2 Å². The highest BCUT2D eigenvalue weighted by molar-refractivity contribution is 5.48. The number of hydrogen-bond acceptors (Lipinski definition) is 2. The van der Waals surface area contributed by atoms with Crippen LogP contribution in [0.2, 0.25) is 0 Å².